The Hall–Kier alpha value is 0.480. The minimum atomic E-state index is -0.506. The van der Waals surface area contributed by atoms with Crippen LogP contribution in [0.3, 0.4) is 0 Å². The molecule has 4 nitrogen and oxygen atoms in total. The molecule has 0 radical (unpaired) electrons. The highest BCUT2D eigenvalue weighted by Gasteiger charge is 2.19. The van der Waals surface area contributed by atoms with Crippen molar-refractivity contribution in [3.63, 3.8) is 0 Å². The first-order valence-corrected chi connectivity index (χ1v) is 6.62. The number of nitrogens with two attached hydrogens (primary N) is 3. The van der Waals surface area contributed by atoms with Crippen LogP contribution in [0, 0.1) is 10.7 Å². The molecule has 0 aliphatic heterocycles. The summed E-state index contributed by atoms with van der Waals surface area (Å²) in [5.41, 5.74) is 18.2. The summed E-state index contributed by atoms with van der Waals surface area (Å²) in [5, 5.41) is 0. The van der Waals surface area contributed by atoms with Gasteiger partial charge < -0.3 is 17.2 Å². The van der Waals surface area contributed by atoms with Crippen LogP contribution in [-0.4, -0.2) is 5.91 Å². The summed E-state index contributed by atoms with van der Waals surface area (Å²) in [6, 6.07) is 0. The number of carbonyl (C=O) groups is 1. The van der Waals surface area contributed by atoms with Crippen LogP contribution in [0.25, 0.3) is 0 Å². The average molecular weight is 529 g/mol. The van der Waals surface area contributed by atoms with Crippen LogP contribution < -0.4 is 17.2 Å². The predicted octanol–water partition coefficient (Wildman–Crippen LogP) is 1.76. The topological polar surface area (TPSA) is 95.1 Å². The number of halogens is 3. The Morgan fingerprint density at radius 2 is 1.29 bits per heavy atom. The van der Waals surface area contributed by atoms with Crippen molar-refractivity contribution < 1.29 is 4.79 Å². The van der Waals surface area contributed by atoms with E-state index in [1.54, 1.807) is 0 Å². The Balaban J connectivity index is 3.68. The molecule has 7 heteroatoms. The number of anilines is 2. The molecular weight excluding hydrogens is 523 g/mol. The summed E-state index contributed by atoms with van der Waals surface area (Å²) in [5.74, 6) is -0.506. The predicted molar refractivity (Wildman–Crippen MR) is 81.9 cm³/mol. The fourth-order valence-electron chi connectivity index (χ4n) is 0.920. The molecule has 1 amide bonds. The number of rotatable bonds is 1. The molecule has 1 aromatic carbocycles. The number of carbonyl (C=O) groups excluding carboxylic acids is 1. The van der Waals surface area contributed by atoms with Crippen molar-refractivity contribution in [1.29, 1.82) is 0 Å². The van der Waals surface area contributed by atoms with E-state index in [2.05, 4.69) is 0 Å². The lowest BCUT2D eigenvalue weighted by atomic mass is 10.1. The second-order valence-electron chi connectivity index (χ2n) is 2.51. The monoisotopic (exact) mass is 529 g/mol. The zero-order valence-electron chi connectivity index (χ0n) is 6.77. The molecule has 0 atom stereocenters. The average Bonchev–Trinajstić information content (AvgIpc) is 2.11. The van der Waals surface area contributed by atoms with Crippen molar-refractivity contribution in [3.05, 3.63) is 16.3 Å². The van der Waals surface area contributed by atoms with Gasteiger partial charge >= 0.3 is 0 Å². The number of hydrogen-bond donors (Lipinski definition) is 3. The number of nitrogen functional groups attached to an aromatic ring is 2. The molecule has 0 saturated carbocycles. The first-order chi connectivity index (χ1) is 6.37. The van der Waals surface area contributed by atoms with Gasteiger partial charge in [-0.2, -0.15) is 0 Å². The van der Waals surface area contributed by atoms with Gasteiger partial charge in [0.2, 0.25) is 0 Å². The maximum atomic E-state index is 11.2. The van der Waals surface area contributed by atoms with E-state index in [-0.39, 0.29) is 0 Å². The molecule has 76 valence electrons. The van der Waals surface area contributed by atoms with E-state index in [0.29, 0.717) is 24.1 Å². The molecule has 0 spiro atoms. The molecule has 0 fully saturated rings. The molecule has 0 aliphatic rings. The smallest absolute Gasteiger partial charge is 0.251 e. The van der Waals surface area contributed by atoms with Crippen molar-refractivity contribution >= 4 is 85.1 Å². The zero-order chi connectivity index (χ0) is 11.0. The molecule has 14 heavy (non-hydrogen) atoms. The van der Waals surface area contributed by atoms with E-state index in [9.17, 15) is 4.79 Å². The van der Waals surface area contributed by atoms with Gasteiger partial charge in [-0.15, -0.1) is 0 Å². The van der Waals surface area contributed by atoms with Gasteiger partial charge in [-0.3, -0.25) is 4.79 Å². The van der Waals surface area contributed by atoms with Gasteiger partial charge in [-0.25, -0.2) is 0 Å². The summed E-state index contributed by atoms with van der Waals surface area (Å²) >= 11 is 6.04. The van der Waals surface area contributed by atoms with Crippen molar-refractivity contribution in [3.8, 4) is 0 Å². The van der Waals surface area contributed by atoms with Gasteiger partial charge in [0, 0.05) is 0 Å². The largest absolute Gasteiger partial charge is 0.397 e. The molecule has 0 aromatic heterocycles. The van der Waals surface area contributed by atoms with Crippen molar-refractivity contribution in [2.75, 3.05) is 11.5 Å². The van der Waals surface area contributed by atoms with E-state index in [4.69, 9.17) is 17.2 Å². The van der Waals surface area contributed by atoms with E-state index < -0.39 is 5.91 Å². The summed E-state index contributed by atoms with van der Waals surface area (Å²) in [4.78, 5) is 11.2. The lowest BCUT2D eigenvalue weighted by Crippen LogP contribution is -2.18. The van der Waals surface area contributed by atoms with Crippen LogP contribution in [0.15, 0.2) is 0 Å². The number of primary amides is 1. The van der Waals surface area contributed by atoms with Crippen molar-refractivity contribution in [1.82, 2.24) is 0 Å². The van der Waals surface area contributed by atoms with Gasteiger partial charge in [-0.05, 0) is 67.8 Å². The van der Waals surface area contributed by atoms with Gasteiger partial charge in [0.1, 0.15) is 0 Å². The highest BCUT2D eigenvalue weighted by Crippen LogP contribution is 2.34. The molecule has 0 unspecified atom stereocenters. The SMILES string of the molecule is NC(=O)c1c(I)c(N)c(I)c(N)c1I. The maximum absolute atomic E-state index is 11.2. The van der Waals surface area contributed by atoms with Gasteiger partial charge in [0.05, 0.1) is 27.6 Å². The Labute approximate surface area is 122 Å². The fraction of sp³-hybridized carbons (Fsp3) is 0. The summed E-state index contributed by atoms with van der Waals surface area (Å²) < 4.78 is 2.10. The van der Waals surface area contributed by atoms with Gasteiger partial charge in [0.25, 0.3) is 5.91 Å². The van der Waals surface area contributed by atoms with E-state index in [1.807, 2.05) is 67.8 Å². The van der Waals surface area contributed by atoms with Crippen LogP contribution >= 0.6 is 67.8 Å². The zero-order valence-corrected chi connectivity index (χ0v) is 13.2. The van der Waals surface area contributed by atoms with Crippen LogP contribution in [-0.2, 0) is 0 Å². The number of hydrogen-bond acceptors (Lipinski definition) is 3. The Morgan fingerprint density at radius 3 is 1.57 bits per heavy atom. The van der Waals surface area contributed by atoms with Crippen LogP contribution in [0.5, 0.6) is 0 Å². The highest BCUT2D eigenvalue weighted by atomic mass is 127. The molecular formula is C7H6I3N3O. The van der Waals surface area contributed by atoms with Crippen LogP contribution in [0.2, 0.25) is 0 Å². The third-order valence-electron chi connectivity index (χ3n) is 1.63. The summed E-state index contributed by atoms with van der Waals surface area (Å²) in [6.45, 7) is 0. The quantitative estimate of drug-likeness (QED) is 0.383. The third kappa shape index (κ3) is 2.03. The Kier molecular flexibility index (Phi) is 4.08. The molecule has 6 N–H and O–H groups in total. The molecule has 0 aliphatic carbocycles. The summed E-state index contributed by atoms with van der Waals surface area (Å²) in [6.07, 6.45) is 0. The molecule has 0 bridgehead atoms. The highest BCUT2D eigenvalue weighted by molar-refractivity contribution is 14.1. The standard InChI is InChI=1S/C7H6I3N3O/c8-2-1(7(13)14)3(9)6(12)4(10)5(2)11/h11-12H2,(H2,13,14). The van der Waals surface area contributed by atoms with Crippen molar-refractivity contribution in [2.24, 2.45) is 5.73 Å². The first kappa shape index (κ1) is 12.5. The minimum Gasteiger partial charge on any atom is -0.397 e. The fourth-order valence-corrected chi connectivity index (χ4v) is 4.62. The first-order valence-electron chi connectivity index (χ1n) is 3.39. The van der Waals surface area contributed by atoms with Gasteiger partial charge in [0.15, 0.2) is 0 Å². The maximum Gasteiger partial charge on any atom is 0.251 e. The van der Waals surface area contributed by atoms with E-state index in [1.165, 1.54) is 0 Å². The molecule has 1 aromatic rings. The van der Waals surface area contributed by atoms with E-state index in [0.717, 1.165) is 3.57 Å². The lowest BCUT2D eigenvalue weighted by Gasteiger charge is -2.12. The van der Waals surface area contributed by atoms with E-state index >= 15 is 0 Å². The lowest BCUT2D eigenvalue weighted by molar-refractivity contribution is 0.0998. The number of amides is 1. The summed E-state index contributed by atoms with van der Waals surface area (Å²) in [7, 11) is 0. The Bertz CT molecular complexity index is 390. The van der Waals surface area contributed by atoms with Gasteiger partial charge in [-0.1, -0.05) is 0 Å². The van der Waals surface area contributed by atoms with Crippen LogP contribution in [0.4, 0.5) is 11.4 Å². The van der Waals surface area contributed by atoms with Crippen molar-refractivity contribution in [2.45, 2.75) is 0 Å². The third-order valence-corrected chi connectivity index (χ3v) is 5.03. The molecule has 1 rings (SSSR count). The second-order valence-corrected chi connectivity index (χ2v) is 5.74. The Morgan fingerprint density at radius 1 is 0.929 bits per heavy atom. The molecule has 0 heterocycles. The van der Waals surface area contributed by atoms with Crippen LogP contribution in [0.1, 0.15) is 10.4 Å². The second kappa shape index (κ2) is 4.55. The number of benzene rings is 1. The molecule has 0 saturated heterocycles. The minimum absolute atomic E-state index is 0.404. The normalized spacial score (nSPS) is 10.2.